The fourth-order valence-corrected chi connectivity index (χ4v) is 3.14. The van der Waals surface area contributed by atoms with Crippen LogP contribution in [0.1, 0.15) is 5.56 Å². The number of thioether (sulfide) groups is 1. The zero-order valence-corrected chi connectivity index (χ0v) is 11.5. The first-order chi connectivity index (χ1) is 9.33. The fourth-order valence-electron chi connectivity index (χ4n) is 2.27. The highest BCUT2D eigenvalue weighted by Crippen LogP contribution is 2.27. The second kappa shape index (κ2) is 5.96. The molecule has 2 heterocycles. The number of ether oxygens (including phenoxy) is 1. The Labute approximate surface area is 117 Å². The number of hydrogen-bond acceptors (Lipinski definition) is 5. The van der Waals surface area contributed by atoms with E-state index in [1.54, 1.807) is 11.8 Å². The van der Waals surface area contributed by atoms with Gasteiger partial charge in [0, 0.05) is 29.6 Å². The average Bonchev–Trinajstić information content (AvgIpc) is 2.86. The van der Waals surface area contributed by atoms with Crippen molar-refractivity contribution in [3.8, 4) is 0 Å². The molecule has 0 spiro atoms. The van der Waals surface area contributed by atoms with Gasteiger partial charge >= 0.3 is 0 Å². The molecule has 0 aliphatic carbocycles. The van der Waals surface area contributed by atoms with E-state index in [0.717, 1.165) is 42.6 Å². The minimum absolute atomic E-state index is 0.510. The molecule has 1 aromatic rings. The number of morpholine rings is 1. The molecular formula is C14H18N2O2S. The third-order valence-electron chi connectivity index (χ3n) is 3.36. The zero-order valence-electron chi connectivity index (χ0n) is 10.7. The smallest absolute Gasteiger partial charge is 0.137 e. The van der Waals surface area contributed by atoms with Gasteiger partial charge in [-0.2, -0.15) is 0 Å². The van der Waals surface area contributed by atoms with Crippen molar-refractivity contribution < 1.29 is 9.84 Å². The highest BCUT2D eigenvalue weighted by atomic mass is 32.2. The molecule has 0 amide bonds. The number of nitrogens with one attached hydrogen (secondary N) is 1. The summed E-state index contributed by atoms with van der Waals surface area (Å²) in [5, 5.41) is 12.7. The summed E-state index contributed by atoms with van der Waals surface area (Å²) in [6.45, 7) is 3.53. The first-order valence-corrected chi connectivity index (χ1v) is 7.50. The first-order valence-electron chi connectivity index (χ1n) is 6.51. The Bertz CT molecular complexity index is 455. The molecule has 0 unspecified atom stereocenters. The molecule has 19 heavy (non-hydrogen) atoms. The summed E-state index contributed by atoms with van der Waals surface area (Å²) in [6, 6.07) is 8.47. The lowest BCUT2D eigenvalue weighted by atomic mass is 10.1. The summed E-state index contributed by atoms with van der Waals surface area (Å²) in [6.07, 6.45) is 1.53. The molecule has 0 radical (unpaired) electrons. The largest absolute Gasteiger partial charge is 0.378 e. The normalized spacial score (nSPS) is 26.1. The molecule has 1 aromatic carbocycles. The van der Waals surface area contributed by atoms with Gasteiger partial charge in [-0.05, 0) is 23.8 Å². The van der Waals surface area contributed by atoms with Crippen molar-refractivity contribution >= 4 is 23.5 Å². The lowest BCUT2D eigenvalue weighted by Gasteiger charge is -2.28. The fraction of sp³-hybridized carbons (Fsp3) is 0.429. The summed E-state index contributed by atoms with van der Waals surface area (Å²) in [7, 11) is 0. The summed E-state index contributed by atoms with van der Waals surface area (Å²) in [5.74, 6) is 0.777. The third kappa shape index (κ3) is 3.12. The van der Waals surface area contributed by atoms with E-state index in [1.165, 1.54) is 5.69 Å². The summed E-state index contributed by atoms with van der Waals surface area (Å²) in [4.78, 5) is 3.32. The maximum absolute atomic E-state index is 9.69. The van der Waals surface area contributed by atoms with Gasteiger partial charge in [-0.25, -0.2) is 0 Å². The van der Waals surface area contributed by atoms with E-state index < -0.39 is 6.23 Å². The molecule has 1 atom stereocenters. The van der Waals surface area contributed by atoms with Crippen LogP contribution in [0, 0.1) is 0 Å². The number of benzene rings is 1. The van der Waals surface area contributed by atoms with E-state index in [1.807, 2.05) is 6.08 Å². The molecule has 2 N–H and O–H groups in total. The number of anilines is 1. The van der Waals surface area contributed by atoms with Gasteiger partial charge in [0.2, 0.25) is 0 Å². The van der Waals surface area contributed by atoms with Crippen molar-refractivity contribution in [2.45, 2.75) is 6.23 Å². The molecule has 3 rings (SSSR count). The van der Waals surface area contributed by atoms with Gasteiger partial charge in [0.25, 0.3) is 0 Å². The maximum Gasteiger partial charge on any atom is 0.137 e. The van der Waals surface area contributed by atoms with Crippen molar-refractivity contribution in [2.75, 3.05) is 37.1 Å². The van der Waals surface area contributed by atoms with Gasteiger partial charge in [-0.1, -0.05) is 12.1 Å². The molecule has 5 heteroatoms. The minimum Gasteiger partial charge on any atom is -0.378 e. The number of aliphatic hydroxyl groups excluding tert-OH is 1. The molecular weight excluding hydrogens is 260 g/mol. The Morgan fingerprint density at radius 2 is 2.00 bits per heavy atom. The predicted molar refractivity (Wildman–Crippen MR) is 79.1 cm³/mol. The van der Waals surface area contributed by atoms with Crippen LogP contribution in [0.2, 0.25) is 0 Å². The van der Waals surface area contributed by atoms with Crippen LogP contribution in [0.25, 0.3) is 6.08 Å². The number of aliphatic hydroxyl groups is 1. The molecule has 0 bridgehead atoms. The predicted octanol–water partition coefficient (Wildman–Crippen LogP) is 1.48. The van der Waals surface area contributed by atoms with Crippen LogP contribution in [0.3, 0.4) is 0 Å². The van der Waals surface area contributed by atoms with E-state index >= 15 is 0 Å². The van der Waals surface area contributed by atoms with E-state index in [4.69, 9.17) is 4.74 Å². The Morgan fingerprint density at radius 3 is 2.63 bits per heavy atom. The monoisotopic (exact) mass is 278 g/mol. The van der Waals surface area contributed by atoms with Gasteiger partial charge in [-0.3, -0.25) is 5.32 Å². The van der Waals surface area contributed by atoms with Crippen molar-refractivity contribution in [3.05, 3.63) is 34.7 Å². The van der Waals surface area contributed by atoms with Crippen LogP contribution < -0.4 is 10.2 Å². The molecule has 102 valence electrons. The van der Waals surface area contributed by atoms with Crippen molar-refractivity contribution in [3.63, 3.8) is 0 Å². The minimum atomic E-state index is -0.510. The van der Waals surface area contributed by atoms with E-state index in [-0.39, 0.29) is 0 Å². The summed E-state index contributed by atoms with van der Waals surface area (Å²) < 4.78 is 5.36. The molecule has 2 saturated heterocycles. The highest BCUT2D eigenvalue weighted by molar-refractivity contribution is 8.03. The average molecular weight is 278 g/mol. The Morgan fingerprint density at radius 1 is 1.26 bits per heavy atom. The van der Waals surface area contributed by atoms with E-state index in [9.17, 15) is 5.11 Å². The topological polar surface area (TPSA) is 44.7 Å². The first kappa shape index (κ1) is 13.0. The van der Waals surface area contributed by atoms with Crippen LogP contribution in [0.4, 0.5) is 5.69 Å². The lowest BCUT2D eigenvalue weighted by molar-refractivity contribution is 0.122. The maximum atomic E-state index is 9.69. The quantitative estimate of drug-likeness (QED) is 0.858. The Kier molecular flexibility index (Phi) is 4.08. The molecule has 2 aliphatic rings. The molecule has 2 aliphatic heterocycles. The zero-order chi connectivity index (χ0) is 13.1. The number of nitrogens with zero attached hydrogens (tertiary/aromatic N) is 1. The van der Waals surface area contributed by atoms with Gasteiger partial charge < -0.3 is 14.7 Å². The lowest BCUT2D eigenvalue weighted by Crippen LogP contribution is -2.36. The van der Waals surface area contributed by atoms with Crippen molar-refractivity contribution in [2.24, 2.45) is 0 Å². The van der Waals surface area contributed by atoms with Crippen molar-refractivity contribution in [1.82, 2.24) is 5.32 Å². The number of hydrogen-bond donors (Lipinski definition) is 2. The molecule has 4 nitrogen and oxygen atoms in total. The molecule has 2 fully saturated rings. The SMILES string of the molecule is O[C@H]1NCS/C1=C/c1ccc(N2CCOCC2)cc1. The second-order valence-corrected chi connectivity index (χ2v) is 5.68. The van der Waals surface area contributed by atoms with Gasteiger partial charge in [-0.15, -0.1) is 11.8 Å². The van der Waals surface area contributed by atoms with Gasteiger partial charge in [0.15, 0.2) is 0 Å². The van der Waals surface area contributed by atoms with Crippen LogP contribution in [0.5, 0.6) is 0 Å². The summed E-state index contributed by atoms with van der Waals surface area (Å²) >= 11 is 1.65. The van der Waals surface area contributed by atoms with Gasteiger partial charge in [0.1, 0.15) is 6.23 Å². The van der Waals surface area contributed by atoms with Crippen LogP contribution in [-0.2, 0) is 4.74 Å². The Hall–Kier alpha value is -1.01. The standard InChI is InChI=1S/C14H18N2O2S/c17-14-13(19-10-15-14)9-11-1-3-12(4-2-11)16-5-7-18-8-6-16/h1-4,9,14-15,17H,5-8,10H2/b13-9+/t14-/m1/s1. The Balaban J connectivity index is 1.71. The number of rotatable bonds is 2. The molecule has 0 aromatic heterocycles. The van der Waals surface area contributed by atoms with E-state index in [2.05, 4.69) is 34.5 Å². The summed E-state index contributed by atoms with van der Waals surface area (Å²) in [5.41, 5.74) is 2.37. The van der Waals surface area contributed by atoms with Crippen LogP contribution in [0.15, 0.2) is 29.2 Å². The highest BCUT2D eigenvalue weighted by Gasteiger charge is 2.17. The third-order valence-corrected chi connectivity index (χ3v) is 4.35. The van der Waals surface area contributed by atoms with Gasteiger partial charge in [0.05, 0.1) is 13.2 Å². The van der Waals surface area contributed by atoms with Crippen LogP contribution in [-0.4, -0.2) is 43.5 Å². The van der Waals surface area contributed by atoms with Crippen LogP contribution >= 0.6 is 11.8 Å². The van der Waals surface area contributed by atoms with E-state index in [0.29, 0.717) is 0 Å². The second-order valence-electron chi connectivity index (χ2n) is 4.63. The molecule has 0 saturated carbocycles. The van der Waals surface area contributed by atoms with Crippen molar-refractivity contribution in [1.29, 1.82) is 0 Å².